The average molecular weight is 389 g/mol. The van der Waals surface area contributed by atoms with E-state index in [0.717, 1.165) is 22.0 Å². The topological polar surface area (TPSA) is 85.8 Å². The number of aromatic nitrogens is 3. The Kier molecular flexibility index (Phi) is 6.02. The van der Waals surface area contributed by atoms with Crippen LogP contribution in [0.2, 0.25) is 0 Å². The lowest BCUT2D eigenvalue weighted by Crippen LogP contribution is -2.27. The van der Waals surface area contributed by atoms with Gasteiger partial charge in [-0.15, -0.1) is 10.2 Å². The van der Waals surface area contributed by atoms with Crippen LogP contribution in [0.25, 0.3) is 11.4 Å². The Balaban J connectivity index is 1.50. The lowest BCUT2D eigenvalue weighted by atomic mass is 10.1. The maximum Gasteiger partial charge on any atom is 0.230 e. The first-order valence-electron chi connectivity index (χ1n) is 8.14. The van der Waals surface area contributed by atoms with E-state index in [1.54, 1.807) is 30.3 Å². The fourth-order valence-corrected chi connectivity index (χ4v) is 3.07. The van der Waals surface area contributed by atoms with Gasteiger partial charge in [-0.25, -0.2) is 13.5 Å². The highest BCUT2D eigenvalue weighted by Gasteiger charge is 2.16. The van der Waals surface area contributed by atoms with Gasteiger partial charge in [0.05, 0.1) is 11.3 Å². The van der Waals surface area contributed by atoms with E-state index in [4.69, 9.17) is 5.84 Å². The third-order valence-electron chi connectivity index (χ3n) is 3.76. The number of benzene rings is 2. The number of halogens is 2. The molecule has 1 amide bonds. The van der Waals surface area contributed by atoms with Gasteiger partial charge in [-0.05, 0) is 36.2 Å². The van der Waals surface area contributed by atoms with Crippen molar-refractivity contribution in [2.75, 3.05) is 18.1 Å². The minimum atomic E-state index is -0.452. The van der Waals surface area contributed by atoms with Gasteiger partial charge in [-0.3, -0.25) is 4.79 Å². The molecule has 0 atom stereocenters. The molecule has 3 N–H and O–H groups in total. The molecule has 0 unspecified atom stereocenters. The second-order valence-electron chi connectivity index (χ2n) is 5.67. The normalized spacial score (nSPS) is 10.7. The molecule has 0 saturated heterocycles. The summed E-state index contributed by atoms with van der Waals surface area (Å²) in [6.45, 7) is 0.431. The number of nitrogen functional groups attached to an aromatic ring is 1. The number of carbonyl (C=O) groups is 1. The molecule has 0 aliphatic heterocycles. The van der Waals surface area contributed by atoms with E-state index in [1.165, 1.54) is 18.2 Å². The molecule has 0 radical (unpaired) electrons. The number of thioether (sulfide) groups is 1. The Morgan fingerprint density at radius 2 is 1.85 bits per heavy atom. The third kappa shape index (κ3) is 4.82. The van der Waals surface area contributed by atoms with E-state index in [9.17, 15) is 13.6 Å². The van der Waals surface area contributed by atoms with Crippen molar-refractivity contribution in [3.8, 4) is 11.4 Å². The molecule has 0 bridgehead atoms. The van der Waals surface area contributed by atoms with E-state index in [1.807, 2.05) is 0 Å². The van der Waals surface area contributed by atoms with Gasteiger partial charge in [0.15, 0.2) is 5.82 Å². The molecule has 0 aliphatic carbocycles. The van der Waals surface area contributed by atoms with Crippen molar-refractivity contribution in [2.24, 2.45) is 0 Å². The van der Waals surface area contributed by atoms with Crippen molar-refractivity contribution in [1.82, 2.24) is 20.2 Å². The van der Waals surface area contributed by atoms with Crippen LogP contribution in [0.1, 0.15) is 5.56 Å². The first-order chi connectivity index (χ1) is 13.0. The van der Waals surface area contributed by atoms with E-state index in [0.29, 0.717) is 18.1 Å². The molecule has 0 saturated carbocycles. The molecular formula is C18H17F2N5OS. The summed E-state index contributed by atoms with van der Waals surface area (Å²) < 4.78 is 27.9. The number of amides is 1. The van der Waals surface area contributed by atoms with Gasteiger partial charge in [0.2, 0.25) is 11.1 Å². The zero-order valence-corrected chi connectivity index (χ0v) is 15.0. The molecule has 1 aromatic heterocycles. The molecular weight excluding hydrogens is 372 g/mol. The van der Waals surface area contributed by atoms with Crippen LogP contribution in [0, 0.1) is 11.6 Å². The Labute approximate surface area is 158 Å². The lowest BCUT2D eigenvalue weighted by molar-refractivity contribution is -0.118. The number of nitrogens with zero attached hydrogens (tertiary/aromatic N) is 3. The number of carbonyl (C=O) groups excluding carboxylic acids is 1. The van der Waals surface area contributed by atoms with Gasteiger partial charge in [-0.1, -0.05) is 36.0 Å². The van der Waals surface area contributed by atoms with Crippen molar-refractivity contribution in [3.05, 3.63) is 65.7 Å². The minimum absolute atomic E-state index is 0.0933. The quantitative estimate of drug-likeness (QED) is 0.479. The van der Waals surface area contributed by atoms with Gasteiger partial charge >= 0.3 is 0 Å². The molecule has 0 fully saturated rings. The van der Waals surface area contributed by atoms with E-state index >= 15 is 0 Å². The molecule has 6 nitrogen and oxygen atoms in total. The average Bonchev–Trinajstić information content (AvgIpc) is 3.02. The summed E-state index contributed by atoms with van der Waals surface area (Å²) in [5.74, 6) is 5.26. The first kappa shape index (κ1) is 18.8. The number of rotatable bonds is 7. The predicted octanol–water partition coefficient (Wildman–Crippen LogP) is 2.39. The molecule has 1 heterocycles. The van der Waals surface area contributed by atoms with Crippen molar-refractivity contribution in [3.63, 3.8) is 0 Å². The van der Waals surface area contributed by atoms with Crippen molar-refractivity contribution in [1.29, 1.82) is 0 Å². The van der Waals surface area contributed by atoms with Crippen LogP contribution in [0.4, 0.5) is 8.78 Å². The van der Waals surface area contributed by atoms with Gasteiger partial charge in [0, 0.05) is 6.54 Å². The molecule has 3 aromatic rings. The summed E-state index contributed by atoms with van der Waals surface area (Å²) in [5.41, 5.74) is 1.17. The number of hydrogen-bond acceptors (Lipinski definition) is 5. The van der Waals surface area contributed by atoms with Crippen LogP contribution in [0.15, 0.2) is 53.7 Å². The molecule has 3 rings (SSSR count). The maximum atomic E-state index is 13.9. The molecule has 140 valence electrons. The summed E-state index contributed by atoms with van der Waals surface area (Å²) in [6.07, 6.45) is 0.598. The summed E-state index contributed by atoms with van der Waals surface area (Å²) in [7, 11) is 0. The Bertz CT molecular complexity index is 930. The zero-order valence-electron chi connectivity index (χ0n) is 14.2. The monoisotopic (exact) mass is 389 g/mol. The SMILES string of the molecule is Nn1c(SCC(=O)NCCc2ccc(F)cc2)nnc1-c1ccccc1F. The second-order valence-corrected chi connectivity index (χ2v) is 6.61. The van der Waals surface area contributed by atoms with Crippen molar-refractivity contribution in [2.45, 2.75) is 11.6 Å². The van der Waals surface area contributed by atoms with Crippen LogP contribution in [-0.4, -0.2) is 33.1 Å². The lowest BCUT2D eigenvalue weighted by Gasteiger charge is -2.06. The smallest absolute Gasteiger partial charge is 0.230 e. The van der Waals surface area contributed by atoms with Crippen molar-refractivity contribution < 1.29 is 13.6 Å². The van der Waals surface area contributed by atoms with Crippen LogP contribution in [-0.2, 0) is 11.2 Å². The third-order valence-corrected chi connectivity index (χ3v) is 4.70. The second kappa shape index (κ2) is 8.63. The highest BCUT2D eigenvalue weighted by molar-refractivity contribution is 7.99. The molecule has 0 spiro atoms. The number of nitrogens with one attached hydrogen (secondary N) is 1. The summed E-state index contributed by atoms with van der Waals surface area (Å²) >= 11 is 1.10. The first-order valence-corrected chi connectivity index (χ1v) is 9.12. The standard InChI is InChI=1S/C18H17F2N5OS/c19-13-7-5-12(6-8-13)9-10-22-16(26)11-27-18-24-23-17(25(18)21)14-3-1-2-4-15(14)20/h1-8H,9-11,21H2,(H,22,26). The molecule has 27 heavy (non-hydrogen) atoms. The highest BCUT2D eigenvalue weighted by atomic mass is 32.2. The fraction of sp³-hybridized carbons (Fsp3) is 0.167. The van der Waals surface area contributed by atoms with E-state index in [-0.39, 0.29) is 28.9 Å². The van der Waals surface area contributed by atoms with E-state index < -0.39 is 5.82 Å². The summed E-state index contributed by atoms with van der Waals surface area (Å²) in [4.78, 5) is 12.0. The van der Waals surface area contributed by atoms with Crippen LogP contribution >= 0.6 is 11.8 Å². The Morgan fingerprint density at radius 1 is 1.11 bits per heavy atom. The van der Waals surface area contributed by atoms with Gasteiger partial charge < -0.3 is 11.2 Å². The fourth-order valence-electron chi connectivity index (χ4n) is 2.38. The Morgan fingerprint density at radius 3 is 2.59 bits per heavy atom. The van der Waals surface area contributed by atoms with Crippen molar-refractivity contribution >= 4 is 17.7 Å². The number of nitrogens with two attached hydrogens (primary N) is 1. The minimum Gasteiger partial charge on any atom is -0.355 e. The largest absolute Gasteiger partial charge is 0.355 e. The van der Waals surface area contributed by atoms with Crippen LogP contribution in [0.5, 0.6) is 0 Å². The summed E-state index contributed by atoms with van der Waals surface area (Å²) in [6, 6.07) is 12.2. The Hall–Kier alpha value is -2.94. The van der Waals surface area contributed by atoms with E-state index in [2.05, 4.69) is 15.5 Å². The maximum absolute atomic E-state index is 13.9. The predicted molar refractivity (Wildman–Crippen MR) is 99.4 cm³/mol. The van der Waals surface area contributed by atoms with Crippen LogP contribution in [0.3, 0.4) is 0 Å². The van der Waals surface area contributed by atoms with Gasteiger partial charge in [0.25, 0.3) is 0 Å². The molecule has 2 aromatic carbocycles. The molecule has 0 aliphatic rings. The highest BCUT2D eigenvalue weighted by Crippen LogP contribution is 2.23. The molecule has 9 heteroatoms. The number of hydrogen-bond donors (Lipinski definition) is 2. The zero-order chi connectivity index (χ0) is 19.2. The van der Waals surface area contributed by atoms with Crippen LogP contribution < -0.4 is 11.2 Å². The summed E-state index contributed by atoms with van der Waals surface area (Å²) in [5, 5.41) is 10.9. The van der Waals surface area contributed by atoms with Gasteiger partial charge in [0.1, 0.15) is 11.6 Å². The van der Waals surface area contributed by atoms with Gasteiger partial charge in [-0.2, -0.15) is 0 Å².